The number of aromatic nitrogens is 3. The lowest BCUT2D eigenvalue weighted by Crippen LogP contribution is -2.31. The van der Waals surface area contributed by atoms with E-state index in [2.05, 4.69) is 80.8 Å². The second-order valence-corrected chi connectivity index (χ2v) is 11.5. The summed E-state index contributed by atoms with van der Waals surface area (Å²) in [5, 5.41) is 12.1. The van der Waals surface area contributed by atoms with Crippen LogP contribution in [-0.2, 0) is 10.5 Å². The predicted molar refractivity (Wildman–Crippen MR) is 160 cm³/mol. The first kappa shape index (κ1) is 26.8. The Balaban J connectivity index is 1.51. The van der Waals surface area contributed by atoms with Gasteiger partial charge in [-0.15, -0.1) is 5.10 Å². The van der Waals surface area contributed by atoms with Gasteiger partial charge in [-0.3, -0.25) is 4.79 Å². The highest BCUT2D eigenvalue weighted by atomic mass is 32.2. The smallest absolute Gasteiger partial charge is 0.255 e. The maximum Gasteiger partial charge on any atom is 0.255 e. The van der Waals surface area contributed by atoms with Gasteiger partial charge in [-0.2, -0.15) is 4.98 Å². The Morgan fingerprint density at radius 2 is 1.74 bits per heavy atom. The van der Waals surface area contributed by atoms with Crippen molar-refractivity contribution in [3.63, 3.8) is 0 Å². The summed E-state index contributed by atoms with van der Waals surface area (Å²) in [6.45, 7) is 12.5. The van der Waals surface area contributed by atoms with Gasteiger partial charge in [0.05, 0.1) is 5.57 Å². The van der Waals surface area contributed by atoms with Gasteiger partial charge in [-0.25, -0.2) is 4.68 Å². The van der Waals surface area contributed by atoms with E-state index in [4.69, 9.17) is 10.1 Å². The van der Waals surface area contributed by atoms with Crippen molar-refractivity contribution in [3.05, 3.63) is 111 Å². The third-order valence-corrected chi connectivity index (χ3v) is 8.14. The average Bonchev–Trinajstić information content (AvgIpc) is 3.32. The quantitative estimate of drug-likeness (QED) is 0.238. The van der Waals surface area contributed by atoms with E-state index >= 15 is 0 Å². The molecule has 5 rings (SSSR count). The number of para-hydroxylation sites is 1. The van der Waals surface area contributed by atoms with Crippen molar-refractivity contribution in [2.45, 2.75) is 64.4 Å². The third kappa shape index (κ3) is 5.64. The Morgan fingerprint density at radius 1 is 1.00 bits per heavy atom. The summed E-state index contributed by atoms with van der Waals surface area (Å²) in [7, 11) is 0. The summed E-state index contributed by atoms with van der Waals surface area (Å²) >= 11 is 1.61. The first-order valence-electron chi connectivity index (χ1n) is 13.3. The van der Waals surface area contributed by atoms with Gasteiger partial charge in [0.15, 0.2) is 0 Å². The van der Waals surface area contributed by atoms with Gasteiger partial charge in [-0.05, 0) is 67.5 Å². The van der Waals surface area contributed by atoms with Crippen LogP contribution in [0.3, 0.4) is 0 Å². The number of allylic oxidation sites excluding steroid dienone is 1. The molecule has 2 N–H and O–H groups in total. The highest BCUT2D eigenvalue weighted by Crippen LogP contribution is 2.37. The van der Waals surface area contributed by atoms with Crippen LogP contribution in [0.4, 0.5) is 11.6 Å². The van der Waals surface area contributed by atoms with Gasteiger partial charge in [0.2, 0.25) is 11.1 Å². The monoisotopic (exact) mass is 537 g/mol. The number of anilines is 2. The molecule has 0 saturated heterocycles. The predicted octanol–water partition coefficient (Wildman–Crippen LogP) is 7.55. The van der Waals surface area contributed by atoms with Gasteiger partial charge in [-0.1, -0.05) is 91.8 Å². The van der Waals surface area contributed by atoms with Crippen LogP contribution in [0, 0.1) is 20.8 Å². The highest BCUT2D eigenvalue weighted by molar-refractivity contribution is 7.98. The van der Waals surface area contributed by atoms with Gasteiger partial charge >= 0.3 is 0 Å². The molecule has 0 fully saturated rings. The Bertz CT molecular complexity index is 1550. The molecule has 1 amide bonds. The second-order valence-electron chi connectivity index (χ2n) is 10.5. The van der Waals surface area contributed by atoms with Crippen molar-refractivity contribution >= 4 is 29.3 Å². The molecule has 1 aliphatic heterocycles. The van der Waals surface area contributed by atoms with Crippen molar-refractivity contribution in [1.82, 2.24) is 14.8 Å². The summed E-state index contributed by atoms with van der Waals surface area (Å²) < 4.78 is 1.86. The molecule has 3 aromatic carbocycles. The molecule has 1 atom stereocenters. The van der Waals surface area contributed by atoms with E-state index in [9.17, 15) is 4.79 Å². The van der Waals surface area contributed by atoms with Crippen LogP contribution in [-0.4, -0.2) is 20.7 Å². The Morgan fingerprint density at radius 3 is 2.46 bits per heavy atom. The fraction of sp³-hybridized carbons (Fsp3) is 0.281. The number of hydrogen-bond acceptors (Lipinski definition) is 5. The van der Waals surface area contributed by atoms with Crippen LogP contribution in [0.25, 0.3) is 0 Å². The Kier molecular flexibility index (Phi) is 7.62. The number of thioether (sulfide) groups is 1. The molecule has 2 heterocycles. The van der Waals surface area contributed by atoms with Crippen molar-refractivity contribution in [2.75, 3.05) is 10.6 Å². The van der Waals surface area contributed by atoms with E-state index in [1.807, 2.05) is 42.8 Å². The van der Waals surface area contributed by atoms with E-state index in [0.717, 1.165) is 28.3 Å². The third-order valence-electron chi connectivity index (χ3n) is 7.25. The van der Waals surface area contributed by atoms with E-state index in [1.54, 1.807) is 11.8 Å². The first-order valence-corrected chi connectivity index (χ1v) is 14.3. The molecule has 0 bridgehead atoms. The molecule has 0 aliphatic carbocycles. The van der Waals surface area contributed by atoms with E-state index in [-0.39, 0.29) is 5.91 Å². The molecular formula is C32H35N5OS. The summed E-state index contributed by atoms with van der Waals surface area (Å²) in [5.74, 6) is 1.68. The highest BCUT2D eigenvalue weighted by Gasteiger charge is 2.34. The number of aryl methyl sites for hydroxylation is 3. The van der Waals surface area contributed by atoms with Crippen molar-refractivity contribution in [1.29, 1.82) is 0 Å². The van der Waals surface area contributed by atoms with E-state index in [1.165, 1.54) is 22.3 Å². The lowest BCUT2D eigenvalue weighted by atomic mass is 9.92. The van der Waals surface area contributed by atoms with Gasteiger partial charge in [0.1, 0.15) is 6.04 Å². The van der Waals surface area contributed by atoms with Gasteiger partial charge in [0.25, 0.3) is 5.91 Å². The molecule has 39 heavy (non-hydrogen) atoms. The largest absolute Gasteiger partial charge is 0.328 e. The first-order chi connectivity index (χ1) is 18.7. The van der Waals surface area contributed by atoms with Crippen LogP contribution in [0.5, 0.6) is 0 Å². The molecule has 0 spiro atoms. The number of hydrogen-bond donors (Lipinski definition) is 2. The van der Waals surface area contributed by atoms with Crippen LogP contribution in [0.15, 0.2) is 83.2 Å². The van der Waals surface area contributed by atoms with Crippen LogP contribution in [0.2, 0.25) is 0 Å². The number of benzene rings is 3. The number of fused-ring (bicyclic) bond motifs is 1. The molecule has 0 radical (unpaired) electrons. The molecule has 4 aromatic rings. The number of amides is 1. The summed E-state index contributed by atoms with van der Waals surface area (Å²) in [4.78, 5) is 18.6. The molecule has 6 nitrogen and oxygen atoms in total. The normalized spacial score (nSPS) is 14.8. The van der Waals surface area contributed by atoms with Crippen molar-refractivity contribution in [3.8, 4) is 0 Å². The molecule has 200 valence electrons. The maximum absolute atomic E-state index is 13.8. The zero-order valence-electron chi connectivity index (χ0n) is 23.4. The maximum atomic E-state index is 13.8. The lowest BCUT2D eigenvalue weighted by Gasteiger charge is -2.29. The fourth-order valence-corrected chi connectivity index (χ4v) is 5.75. The Labute approximate surface area is 234 Å². The molecular weight excluding hydrogens is 502 g/mol. The number of carbonyl (C=O) groups excluding carboxylic acids is 1. The average molecular weight is 538 g/mol. The van der Waals surface area contributed by atoms with Crippen LogP contribution >= 0.6 is 11.8 Å². The zero-order valence-corrected chi connectivity index (χ0v) is 24.2. The standard InChI is InChI=1S/C32H35N5OS/c1-19(2)24-13-15-25(16-14-24)29-28(30(38)34-27-10-8-7-9-22(27)5)23(6)33-31-35-32(36-37(29)31)39-18-26-17-20(3)11-12-21(26)4/h7-17,19,29H,18H2,1-6H3,(H,34,38)(H,33,35,36). The molecule has 1 aromatic heterocycles. The number of nitrogens with zero attached hydrogens (tertiary/aromatic N) is 3. The summed E-state index contributed by atoms with van der Waals surface area (Å²) in [6, 6.07) is 22.4. The Hall–Kier alpha value is -3.84. The number of nitrogens with one attached hydrogen (secondary N) is 2. The van der Waals surface area contributed by atoms with E-state index in [0.29, 0.717) is 22.6 Å². The summed E-state index contributed by atoms with van der Waals surface area (Å²) in [5.41, 5.74) is 9.21. The second kappa shape index (κ2) is 11.1. The molecule has 1 aliphatic rings. The van der Waals surface area contributed by atoms with Gasteiger partial charge in [0, 0.05) is 17.1 Å². The number of carbonyl (C=O) groups is 1. The topological polar surface area (TPSA) is 71.8 Å². The van der Waals surface area contributed by atoms with Crippen LogP contribution in [0.1, 0.15) is 66.1 Å². The fourth-order valence-electron chi connectivity index (χ4n) is 4.86. The SMILES string of the molecule is CC1=C(C(=O)Nc2ccccc2C)C(c2ccc(C(C)C)cc2)n2nc(SCc3cc(C)ccc3C)nc2N1. The summed E-state index contributed by atoms with van der Waals surface area (Å²) in [6.07, 6.45) is 0. The number of rotatable bonds is 7. The minimum absolute atomic E-state index is 0.155. The minimum Gasteiger partial charge on any atom is -0.328 e. The van der Waals surface area contributed by atoms with E-state index < -0.39 is 6.04 Å². The lowest BCUT2D eigenvalue weighted by molar-refractivity contribution is -0.113. The van der Waals surface area contributed by atoms with Crippen molar-refractivity contribution in [2.24, 2.45) is 0 Å². The molecule has 7 heteroatoms. The van der Waals surface area contributed by atoms with Crippen LogP contribution < -0.4 is 10.6 Å². The van der Waals surface area contributed by atoms with Gasteiger partial charge < -0.3 is 10.6 Å². The van der Waals surface area contributed by atoms with Crippen molar-refractivity contribution < 1.29 is 4.79 Å². The molecule has 1 unspecified atom stereocenters. The molecule has 0 saturated carbocycles. The minimum atomic E-state index is -0.408. The zero-order chi connectivity index (χ0) is 27.7.